The van der Waals surface area contributed by atoms with E-state index < -0.39 is 0 Å². The smallest absolute Gasteiger partial charge is 0.135 e. The Kier molecular flexibility index (Phi) is 2.44. The van der Waals surface area contributed by atoms with Crippen LogP contribution in [0.5, 0.6) is 0 Å². The van der Waals surface area contributed by atoms with Gasteiger partial charge in [0, 0.05) is 22.8 Å². The predicted molar refractivity (Wildman–Crippen MR) is 52.4 cm³/mol. The van der Waals surface area contributed by atoms with E-state index in [1.54, 1.807) is 0 Å². The van der Waals surface area contributed by atoms with Crippen molar-refractivity contribution < 1.29 is 4.79 Å². The van der Waals surface area contributed by atoms with Crippen LogP contribution < -0.4 is 0 Å². The van der Waals surface area contributed by atoms with E-state index in [1.165, 1.54) is 25.7 Å². The van der Waals surface area contributed by atoms with Crippen molar-refractivity contribution in [1.82, 2.24) is 0 Å². The maximum Gasteiger partial charge on any atom is 0.135 e. The molecular formula is C10H16OS. The second-order valence-electron chi connectivity index (χ2n) is 3.95. The van der Waals surface area contributed by atoms with Crippen molar-refractivity contribution >= 4 is 17.5 Å². The predicted octanol–water partition coefficient (Wildman–Crippen LogP) is 2.64. The lowest BCUT2D eigenvalue weighted by Crippen LogP contribution is -2.23. The van der Waals surface area contributed by atoms with Crippen molar-refractivity contribution in [3.05, 3.63) is 0 Å². The molecule has 2 atom stereocenters. The maximum absolute atomic E-state index is 11.5. The van der Waals surface area contributed by atoms with Gasteiger partial charge in [-0.1, -0.05) is 6.92 Å². The molecule has 0 radical (unpaired) electrons. The Morgan fingerprint density at radius 1 is 1.33 bits per heavy atom. The van der Waals surface area contributed by atoms with Gasteiger partial charge in [-0.3, -0.25) is 4.79 Å². The fourth-order valence-corrected chi connectivity index (χ4v) is 4.18. The molecule has 68 valence electrons. The zero-order chi connectivity index (χ0) is 8.55. The van der Waals surface area contributed by atoms with Crippen molar-refractivity contribution in [3.63, 3.8) is 0 Å². The first-order valence-electron chi connectivity index (χ1n) is 4.97. The zero-order valence-corrected chi connectivity index (χ0v) is 8.40. The highest BCUT2D eigenvalue weighted by molar-refractivity contribution is 8.00. The highest BCUT2D eigenvalue weighted by Crippen LogP contribution is 2.46. The largest absolute Gasteiger partial charge is 0.299 e. The van der Waals surface area contributed by atoms with E-state index in [2.05, 4.69) is 11.8 Å². The van der Waals surface area contributed by atoms with Crippen molar-refractivity contribution in [2.45, 2.75) is 49.5 Å². The minimum atomic E-state index is 0.425. The molecule has 2 aliphatic rings. The van der Waals surface area contributed by atoms with Crippen LogP contribution in [-0.4, -0.2) is 16.3 Å². The molecule has 2 heteroatoms. The summed E-state index contributed by atoms with van der Waals surface area (Å²) >= 11 is 2.13. The molecule has 0 aromatic rings. The molecule has 2 heterocycles. The van der Waals surface area contributed by atoms with Crippen LogP contribution in [0.25, 0.3) is 0 Å². The number of carbonyl (C=O) groups excluding carboxylic acids is 1. The van der Waals surface area contributed by atoms with Gasteiger partial charge in [0.1, 0.15) is 5.78 Å². The number of ketones is 1. The first-order valence-corrected chi connectivity index (χ1v) is 5.92. The summed E-state index contributed by atoms with van der Waals surface area (Å²) in [5.41, 5.74) is 0. The number of carbonyl (C=O) groups is 1. The number of thioether (sulfide) groups is 1. The van der Waals surface area contributed by atoms with E-state index in [4.69, 9.17) is 0 Å². The third kappa shape index (κ3) is 1.54. The first kappa shape index (κ1) is 8.61. The minimum Gasteiger partial charge on any atom is -0.299 e. The van der Waals surface area contributed by atoms with Crippen LogP contribution in [-0.2, 0) is 4.79 Å². The van der Waals surface area contributed by atoms with E-state index in [1.807, 2.05) is 6.92 Å². The topological polar surface area (TPSA) is 17.1 Å². The lowest BCUT2D eigenvalue weighted by Gasteiger charge is -2.25. The first-order chi connectivity index (χ1) is 5.79. The number of hydrogen-bond acceptors (Lipinski definition) is 2. The number of fused-ring (bicyclic) bond motifs is 2. The molecule has 2 rings (SSSR count). The Hall–Kier alpha value is 0.0200. The van der Waals surface area contributed by atoms with E-state index in [0.29, 0.717) is 11.7 Å². The molecule has 0 aromatic heterocycles. The molecule has 0 aliphatic carbocycles. The van der Waals surface area contributed by atoms with Gasteiger partial charge in [-0.05, 0) is 25.7 Å². The summed E-state index contributed by atoms with van der Waals surface area (Å²) in [6, 6.07) is 0. The van der Waals surface area contributed by atoms with Crippen LogP contribution in [0.15, 0.2) is 0 Å². The molecule has 2 fully saturated rings. The van der Waals surface area contributed by atoms with Crippen LogP contribution in [0.2, 0.25) is 0 Å². The Labute approximate surface area is 78.3 Å². The second kappa shape index (κ2) is 3.41. The standard InChI is InChI=1S/C10H16OS/c1-2-10(11)7-5-8-3-4-9(6-7)12-8/h7-9H,2-6H2,1H3. The van der Waals surface area contributed by atoms with Crippen LogP contribution >= 0.6 is 11.8 Å². The number of Topliss-reactive ketones (excluding diaryl/α,β-unsaturated/α-hetero) is 1. The second-order valence-corrected chi connectivity index (χ2v) is 5.55. The summed E-state index contributed by atoms with van der Waals surface area (Å²) in [6.07, 6.45) is 5.82. The molecule has 2 saturated heterocycles. The van der Waals surface area contributed by atoms with Gasteiger partial charge in [0.15, 0.2) is 0 Å². The van der Waals surface area contributed by atoms with Gasteiger partial charge in [0.2, 0.25) is 0 Å². The summed E-state index contributed by atoms with van der Waals surface area (Å²) in [5, 5.41) is 1.65. The van der Waals surface area contributed by atoms with Crippen molar-refractivity contribution in [2.75, 3.05) is 0 Å². The van der Waals surface area contributed by atoms with Crippen LogP contribution in [0.4, 0.5) is 0 Å². The van der Waals surface area contributed by atoms with E-state index in [-0.39, 0.29) is 0 Å². The molecule has 0 aromatic carbocycles. The van der Waals surface area contributed by atoms with Gasteiger partial charge in [-0.15, -0.1) is 0 Å². The van der Waals surface area contributed by atoms with Gasteiger partial charge >= 0.3 is 0 Å². The fourth-order valence-electron chi connectivity index (χ4n) is 2.41. The highest BCUT2D eigenvalue weighted by Gasteiger charge is 2.36. The van der Waals surface area contributed by atoms with Gasteiger partial charge < -0.3 is 0 Å². The SMILES string of the molecule is CCC(=O)C1CC2CCC(C1)S2. The van der Waals surface area contributed by atoms with Crippen LogP contribution in [0.3, 0.4) is 0 Å². The molecule has 2 aliphatic heterocycles. The van der Waals surface area contributed by atoms with Crippen molar-refractivity contribution in [1.29, 1.82) is 0 Å². The van der Waals surface area contributed by atoms with E-state index >= 15 is 0 Å². The molecule has 1 nitrogen and oxygen atoms in total. The summed E-state index contributed by atoms with van der Waals surface area (Å²) in [4.78, 5) is 11.5. The molecular weight excluding hydrogens is 168 g/mol. The summed E-state index contributed by atoms with van der Waals surface area (Å²) in [5.74, 6) is 0.931. The zero-order valence-electron chi connectivity index (χ0n) is 7.58. The summed E-state index contributed by atoms with van der Waals surface area (Å²) in [6.45, 7) is 1.99. The average Bonchev–Trinajstić information content (AvgIpc) is 2.44. The van der Waals surface area contributed by atoms with E-state index in [0.717, 1.165) is 16.9 Å². The van der Waals surface area contributed by atoms with Gasteiger partial charge in [-0.25, -0.2) is 0 Å². The number of rotatable bonds is 2. The third-order valence-corrected chi connectivity index (χ3v) is 4.72. The lowest BCUT2D eigenvalue weighted by atomic mass is 9.93. The Morgan fingerprint density at radius 2 is 1.92 bits per heavy atom. The maximum atomic E-state index is 11.5. The average molecular weight is 184 g/mol. The van der Waals surface area contributed by atoms with Crippen molar-refractivity contribution in [3.8, 4) is 0 Å². The molecule has 2 unspecified atom stereocenters. The Morgan fingerprint density at radius 3 is 2.42 bits per heavy atom. The quantitative estimate of drug-likeness (QED) is 0.656. The van der Waals surface area contributed by atoms with Crippen LogP contribution in [0, 0.1) is 5.92 Å². The Balaban J connectivity index is 1.98. The third-order valence-electron chi connectivity index (χ3n) is 3.09. The van der Waals surface area contributed by atoms with Gasteiger partial charge in [0.05, 0.1) is 0 Å². The molecule has 0 amide bonds. The van der Waals surface area contributed by atoms with Crippen LogP contribution in [0.1, 0.15) is 39.0 Å². The molecule has 12 heavy (non-hydrogen) atoms. The van der Waals surface area contributed by atoms with Crippen molar-refractivity contribution in [2.24, 2.45) is 5.92 Å². The van der Waals surface area contributed by atoms with Gasteiger partial charge in [-0.2, -0.15) is 11.8 Å². The lowest BCUT2D eigenvalue weighted by molar-refractivity contribution is -0.122. The molecule has 0 saturated carbocycles. The summed E-state index contributed by atoms with van der Waals surface area (Å²) in [7, 11) is 0. The minimum absolute atomic E-state index is 0.425. The molecule has 0 spiro atoms. The highest BCUT2D eigenvalue weighted by atomic mass is 32.2. The normalized spacial score (nSPS) is 39.9. The number of hydrogen-bond donors (Lipinski definition) is 0. The van der Waals surface area contributed by atoms with E-state index in [9.17, 15) is 4.79 Å². The summed E-state index contributed by atoms with van der Waals surface area (Å²) < 4.78 is 0. The Bertz CT molecular complexity index is 178. The monoisotopic (exact) mass is 184 g/mol. The fraction of sp³-hybridized carbons (Fsp3) is 0.900. The van der Waals surface area contributed by atoms with Gasteiger partial charge in [0.25, 0.3) is 0 Å². The molecule has 2 bridgehead atoms. The molecule has 0 N–H and O–H groups in total.